The van der Waals surface area contributed by atoms with E-state index in [2.05, 4.69) is 5.10 Å². The molecule has 25 heavy (non-hydrogen) atoms. The first kappa shape index (κ1) is 18.7. The Morgan fingerprint density at radius 2 is 1.60 bits per heavy atom. The number of carbonyl (C=O) groups is 1. The highest BCUT2D eigenvalue weighted by Gasteiger charge is 2.24. The summed E-state index contributed by atoms with van der Waals surface area (Å²) >= 11 is 5.80. The maximum atomic E-state index is 13.4. The molecule has 0 unspecified atom stereocenters. The summed E-state index contributed by atoms with van der Waals surface area (Å²) in [5, 5.41) is 3.39. The second-order valence-electron chi connectivity index (χ2n) is 4.50. The Kier molecular flexibility index (Phi) is 5.92. The molecule has 0 bridgehead atoms. The molecule has 1 amide bonds. The van der Waals surface area contributed by atoms with Crippen molar-refractivity contribution in [2.45, 2.75) is 0 Å². The second kappa shape index (κ2) is 7.93. The van der Waals surface area contributed by atoms with Crippen LogP contribution in [0.2, 0.25) is 5.02 Å². The minimum absolute atomic E-state index is 0.211. The molecule has 2 aromatic carbocycles. The number of ether oxygens (including phenoxy) is 1. The highest BCUT2D eigenvalue weighted by Crippen LogP contribution is 2.23. The quantitative estimate of drug-likeness (QED) is 0.284. The maximum Gasteiger partial charge on any atom is 0.277 e. The molecule has 132 valence electrons. The number of rotatable bonds is 5. The Morgan fingerprint density at radius 1 is 1.04 bits per heavy atom. The molecule has 0 aliphatic carbocycles. The van der Waals surface area contributed by atoms with Crippen molar-refractivity contribution in [3.05, 3.63) is 63.9 Å². The third-order valence-electron chi connectivity index (χ3n) is 2.82. The van der Waals surface area contributed by atoms with Gasteiger partial charge >= 0.3 is 0 Å². The Hall–Kier alpha value is -2.68. The molecule has 0 saturated carbocycles. The monoisotopic (exact) mass is 378 g/mol. The van der Waals surface area contributed by atoms with E-state index in [-0.39, 0.29) is 10.8 Å². The zero-order chi connectivity index (χ0) is 18.6. The number of nitrogens with one attached hydrogen (secondary N) is 1. The van der Waals surface area contributed by atoms with Gasteiger partial charge in [0.2, 0.25) is 5.82 Å². The minimum atomic E-state index is -2.29. The summed E-state index contributed by atoms with van der Waals surface area (Å²) in [6.07, 6.45) is 0.295. The van der Waals surface area contributed by atoms with Gasteiger partial charge in [-0.2, -0.15) is 5.10 Å². The van der Waals surface area contributed by atoms with E-state index in [1.54, 1.807) is 12.1 Å². The van der Waals surface area contributed by atoms with E-state index >= 15 is 0 Å². The largest absolute Gasteiger partial charge is 0.482 e. The summed E-state index contributed by atoms with van der Waals surface area (Å²) < 4.78 is 70.7. The van der Waals surface area contributed by atoms with Gasteiger partial charge in [-0.15, -0.1) is 0 Å². The fraction of sp³-hybridized carbons (Fsp3) is 0.0667. The molecule has 0 radical (unpaired) electrons. The van der Waals surface area contributed by atoms with Crippen LogP contribution in [0.25, 0.3) is 0 Å². The van der Waals surface area contributed by atoms with Crippen molar-refractivity contribution in [2.75, 3.05) is 6.61 Å². The maximum absolute atomic E-state index is 13.4. The van der Waals surface area contributed by atoms with Crippen molar-refractivity contribution in [1.82, 2.24) is 5.43 Å². The fourth-order valence-corrected chi connectivity index (χ4v) is 1.83. The van der Waals surface area contributed by atoms with Crippen LogP contribution in [0.4, 0.5) is 22.0 Å². The molecular weight excluding hydrogens is 371 g/mol. The summed E-state index contributed by atoms with van der Waals surface area (Å²) in [6, 6.07) is 6.27. The number of amides is 1. The van der Waals surface area contributed by atoms with Crippen molar-refractivity contribution in [3.63, 3.8) is 0 Å². The van der Waals surface area contributed by atoms with Crippen molar-refractivity contribution < 1.29 is 31.5 Å². The molecule has 0 atom stereocenters. The van der Waals surface area contributed by atoms with E-state index in [1.807, 2.05) is 5.43 Å². The Labute approximate surface area is 142 Å². The van der Waals surface area contributed by atoms with E-state index < -0.39 is 47.2 Å². The van der Waals surface area contributed by atoms with Gasteiger partial charge in [0.15, 0.2) is 29.9 Å². The van der Waals surface area contributed by atoms with E-state index in [0.29, 0.717) is 6.21 Å². The van der Waals surface area contributed by atoms with Gasteiger partial charge in [0.05, 0.1) is 16.8 Å². The van der Waals surface area contributed by atoms with Crippen LogP contribution in [0.5, 0.6) is 5.75 Å². The lowest BCUT2D eigenvalue weighted by Gasteiger charge is -2.06. The number of carbonyl (C=O) groups excluding carboxylic acids is 1. The zero-order valence-electron chi connectivity index (χ0n) is 12.1. The third kappa shape index (κ3) is 4.24. The van der Waals surface area contributed by atoms with Gasteiger partial charge in [0.1, 0.15) is 5.75 Å². The van der Waals surface area contributed by atoms with Crippen LogP contribution in [0.15, 0.2) is 29.4 Å². The number of hydrazone groups is 1. The number of nitrogens with zero attached hydrogens (tertiary/aromatic N) is 1. The molecule has 0 aliphatic rings. The molecule has 0 aliphatic heterocycles. The van der Waals surface area contributed by atoms with E-state index in [4.69, 9.17) is 16.3 Å². The number of hydrogen-bond donors (Lipinski definition) is 1. The fourth-order valence-electron chi connectivity index (χ4n) is 1.64. The van der Waals surface area contributed by atoms with Crippen LogP contribution in [0, 0.1) is 29.1 Å². The molecule has 10 heteroatoms. The molecule has 2 rings (SSSR count). The molecule has 0 heterocycles. The topological polar surface area (TPSA) is 50.7 Å². The van der Waals surface area contributed by atoms with Crippen LogP contribution in [0.1, 0.15) is 5.56 Å². The lowest BCUT2D eigenvalue weighted by molar-refractivity contribution is -0.123. The van der Waals surface area contributed by atoms with Crippen LogP contribution in [-0.4, -0.2) is 18.7 Å². The SMILES string of the molecule is O=C(COc1ccccc1Cl)N/N=C/c1c(F)c(F)c(F)c(F)c1F. The molecule has 0 spiro atoms. The molecule has 0 aromatic heterocycles. The number of hydrogen-bond acceptors (Lipinski definition) is 3. The first-order valence-corrected chi connectivity index (χ1v) is 6.91. The summed E-state index contributed by atoms with van der Waals surface area (Å²) in [4.78, 5) is 11.5. The van der Waals surface area contributed by atoms with E-state index in [1.165, 1.54) is 12.1 Å². The predicted molar refractivity (Wildman–Crippen MR) is 78.9 cm³/mol. The number of benzene rings is 2. The Morgan fingerprint density at radius 3 is 2.20 bits per heavy atom. The summed E-state index contributed by atoms with van der Waals surface area (Å²) in [7, 11) is 0. The van der Waals surface area contributed by atoms with Crippen LogP contribution >= 0.6 is 11.6 Å². The minimum Gasteiger partial charge on any atom is -0.482 e. The third-order valence-corrected chi connectivity index (χ3v) is 3.13. The van der Waals surface area contributed by atoms with Crippen LogP contribution < -0.4 is 10.2 Å². The van der Waals surface area contributed by atoms with Gasteiger partial charge in [-0.3, -0.25) is 4.79 Å². The first-order valence-electron chi connectivity index (χ1n) is 6.53. The average Bonchev–Trinajstić information content (AvgIpc) is 2.60. The van der Waals surface area contributed by atoms with E-state index in [9.17, 15) is 26.7 Å². The Bertz CT molecular complexity index is 816. The van der Waals surface area contributed by atoms with Crippen molar-refractivity contribution in [3.8, 4) is 5.75 Å². The molecular formula is C15H8ClF5N2O2. The summed E-state index contributed by atoms with van der Waals surface area (Å²) in [6.45, 7) is -0.543. The average molecular weight is 379 g/mol. The van der Waals surface area contributed by atoms with Crippen LogP contribution in [-0.2, 0) is 4.79 Å². The Balaban J connectivity index is 2.02. The summed E-state index contributed by atoms with van der Waals surface area (Å²) in [5.41, 5.74) is 0.531. The van der Waals surface area contributed by atoms with Gasteiger partial charge < -0.3 is 4.74 Å². The standard InChI is InChI=1S/C15H8ClF5N2O2/c16-8-3-1-2-4-9(8)25-6-10(24)23-22-5-7-11(17)13(19)15(21)14(20)12(7)18/h1-5H,6H2,(H,23,24)/b22-5+. The molecule has 0 fully saturated rings. The molecule has 4 nitrogen and oxygen atoms in total. The molecule has 2 aromatic rings. The lowest BCUT2D eigenvalue weighted by atomic mass is 10.2. The highest BCUT2D eigenvalue weighted by molar-refractivity contribution is 6.32. The van der Waals surface area contributed by atoms with E-state index in [0.717, 1.165) is 0 Å². The molecule has 0 saturated heterocycles. The van der Waals surface area contributed by atoms with Gasteiger partial charge in [0, 0.05) is 0 Å². The highest BCUT2D eigenvalue weighted by atomic mass is 35.5. The van der Waals surface area contributed by atoms with Crippen molar-refractivity contribution >= 4 is 23.7 Å². The number of para-hydroxylation sites is 1. The first-order chi connectivity index (χ1) is 11.8. The van der Waals surface area contributed by atoms with Gasteiger partial charge in [-0.1, -0.05) is 23.7 Å². The lowest BCUT2D eigenvalue weighted by Crippen LogP contribution is -2.24. The van der Waals surface area contributed by atoms with Gasteiger partial charge in [-0.05, 0) is 12.1 Å². The van der Waals surface area contributed by atoms with Gasteiger partial charge in [-0.25, -0.2) is 27.4 Å². The summed E-state index contributed by atoms with van der Waals surface area (Å²) in [5.74, 6) is -11.3. The predicted octanol–water partition coefficient (Wildman–Crippen LogP) is 3.56. The second-order valence-corrected chi connectivity index (χ2v) is 4.90. The van der Waals surface area contributed by atoms with Crippen molar-refractivity contribution in [2.24, 2.45) is 5.10 Å². The van der Waals surface area contributed by atoms with Crippen molar-refractivity contribution in [1.29, 1.82) is 0 Å². The zero-order valence-corrected chi connectivity index (χ0v) is 12.9. The smallest absolute Gasteiger partial charge is 0.277 e. The van der Waals surface area contributed by atoms with Crippen LogP contribution in [0.3, 0.4) is 0 Å². The van der Waals surface area contributed by atoms with Gasteiger partial charge in [0.25, 0.3) is 5.91 Å². The number of halogens is 6. The normalized spacial score (nSPS) is 11.0. The molecule has 1 N–H and O–H groups in total.